The lowest BCUT2D eigenvalue weighted by molar-refractivity contribution is -0.387. The molecule has 0 fully saturated rings. The van der Waals surface area contributed by atoms with Crippen LogP contribution in [0.25, 0.3) is 11.3 Å². The first-order valence-electron chi connectivity index (χ1n) is 10.6. The van der Waals surface area contributed by atoms with Crippen molar-refractivity contribution in [2.75, 3.05) is 6.54 Å². The van der Waals surface area contributed by atoms with Crippen LogP contribution in [0, 0.1) is 5.92 Å². The summed E-state index contributed by atoms with van der Waals surface area (Å²) in [6.45, 7) is 4.44. The van der Waals surface area contributed by atoms with Crippen molar-refractivity contribution >= 4 is 24.3 Å². The second kappa shape index (κ2) is 12.1. The minimum absolute atomic E-state index is 0.111. The number of nitrogens with zero attached hydrogens (tertiary/aromatic N) is 1. The largest absolute Gasteiger partial charge is 0.554 e. The van der Waals surface area contributed by atoms with Crippen LogP contribution in [0.15, 0.2) is 47.5 Å². The molecule has 0 bridgehead atoms. The molecule has 13 heteroatoms. The molecule has 2 aromatic heterocycles. The fourth-order valence-corrected chi connectivity index (χ4v) is 3.05. The van der Waals surface area contributed by atoms with Crippen molar-refractivity contribution in [3.8, 4) is 11.3 Å². The van der Waals surface area contributed by atoms with E-state index in [2.05, 4.69) is 30.8 Å². The summed E-state index contributed by atoms with van der Waals surface area (Å²) in [5.74, 6) is -3.35. The second-order valence-corrected chi connectivity index (χ2v) is 8.20. The van der Waals surface area contributed by atoms with Gasteiger partial charge < -0.3 is 25.6 Å². The number of benzene rings is 1. The Morgan fingerprint density at radius 2 is 1.83 bits per heavy atom. The van der Waals surface area contributed by atoms with Crippen molar-refractivity contribution in [3.63, 3.8) is 0 Å². The van der Waals surface area contributed by atoms with E-state index in [-0.39, 0.29) is 17.9 Å². The van der Waals surface area contributed by atoms with Gasteiger partial charge in [-0.25, -0.2) is 14.8 Å². The smallest absolute Gasteiger partial charge is 0.348 e. The van der Waals surface area contributed by atoms with Crippen LogP contribution in [-0.2, 0) is 15.1 Å². The van der Waals surface area contributed by atoms with Gasteiger partial charge in [-0.2, -0.15) is 5.10 Å². The third-order valence-electron chi connectivity index (χ3n) is 5.15. The maximum atomic E-state index is 12.7. The molecule has 36 heavy (non-hydrogen) atoms. The molecule has 3 rings (SSSR count). The number of aromatic nitrogens is 4. The molecule has 0 aliphatic carbocycles. The van der Waals surface area contributed by atoms with Gasteiger partial charge in [-0.1, -0.05) is 31.2 Å². The average molecular weight is 498 g/mol. The lowest BCUT2D eigenvalue weighted by Crippen LogP contribution is -2.44. The number of amides is 2. The summed E-state index contributed by atoms with van der Waals surface area (Å²) in [6, 6.07) is 9.39. The molecule has 6 N–H and O–H groups in total. The van der Waals surface area contributed by atoms with E-state index >= 15 is 0 Å². The second-order valence-electron chi connectivity index (χ2n) is 8.20. The summed E-state index contributed by atoms with van der Waals surface area (Å²) in [5.41, 5.74) is 0.880. The molecule has 3 aromatic rings. The maximum absolute atomic E-state index is 12.7. The molecule has 1 aromatic carbocycles. The number of aliphatic carboxylic acids is 1. The van der Waals surface area contributed by atoms with E-state index in [0.29, 0.717) is 0 Å². The van der Waals surface area contributed by atoms with E-state index < -0.39 is 41.3 Å². The van der Waals surface area contributed by atoms with E-state index in [9.17, 15) is 19.2 Å². The Morgan fingerprint density at radius 1 is 1.19 bits per heavy atom. The first-order valence-corrected chi connectivity index (χ1v) is 10.6. The van der Waals surface area contributed by atoms with Gasteiger partial charge in [0.25, 0.3) is 5.91 Å². The van der Waals surface area contributed by atoms with Crippen molar-refractivity contribution < 1.29 is 34.4 Å². The molecule has 2 amide bonds. The van der Waals surface area contributed by atoms with Crippen LogP contribution in [0.1, 0.15) is 47.3 Å². The summed E-state index contributed by atoms with van der Waals surface area (Å²) in [7, 11) is 0. The zero-order chi connectivity index (χ0) is 26.9. The highest BCUT2D eigenvalue weighted by molar-refractivity contribution is 5.94. The van der Waals surface area contributed by atoms with Gasteiger partial charge in [-0.05, 0) is 31.0 Å². The van der Waals surface area contributed by atoms with Gasteiger partial charge in [0.15, 0.2) is 5.56 Å². The van der Waals surface area contributed by atoms with Crippen molar-refractivity contribution in [2.45, 2.75) is 26.3 Å². The standard InChI is InChI=1S/C22H24N6O5.CH2O2/c1-12(21(32)33)10-24-20(31)17-23-11-15(18(29)26-17)19(30)27-22(2,3)14-6-4-13(5-7-14)16-8-9-25-28-16;2-1-3/h4-9,11-12H,10H2,1-3H3,(H,24,31)(H,25,28)(H,27,30)(H,32,33)(H,23,26,29);1H,(H,2,3)/t12-;/m0./s1. The van der Waals surface area contributed by atoms with E-state index in [1.165, 1.54) is 6.92 Å². The Hall–Kier alpha value is -4.81. The van der Waals surface area contributed by atoms with Gasteiger partial charge in [0.05, 0.1) is 17.2 Å². The summed E-state index contributed by atoms with van der Waals surface area (Å²) in [5, 5.41) is 29.2. The number of nitrogens with one attached hydrogen (secondary N) is 5. The number of carbonyl (C=O) groups is 4. The Labute approximate surface area is 205 Å². The molecule has 0 unspecified atom stereocenters. The molecule has 0 aliphatic rings. The number of hydrogen-bond acceptors (Lipinski definition) is 7. The van der Waals surface area contributed by atoms with E-state index in [1.807, 2.05) is 30.3 Å². The van der Waals surface area contributed by atoms with Crippen molar-refractivity contribution in [2.24, 2.45) is 5.92 Å². The minimum atomic E-state index is -1.06. The third-order valence-corrected chi connectivity index (χ3v) is 5.15. The Bertz CT molecular complexity index is 1270. The molecule has 0 saturated heterocycles. The highest BCUT2D eigenvalue weighted by Crippen LogP contribution is 2.24. The van der Waals surface area contributed by atoms with Crippen LogP contribution >= 0.6 is 0 Å². The summed E-state index contributed by atoms with van der Waals surface area (Å²) in [6.07, 6.45) is 2.80. The summed E-state index contributed by atoms with van der Waals surface area (Å²) >= 11 is 0. The van der Waals surface area contributed by atoms with Crippen LogP contribution in [0.4, 0.5) is 0 Å². The van der Waals surface area contributed by atoms with Gasteiger partial charge in [0, 0.05) is 19.2 Å². The van der Waals surface area contributed by atoms with Crippen molar-refractivity contribution in [1.29, 1.82) is 0 Å². The first-order chi connectivity index (χ1) is 17.0. The van der Waals surface area contributed by atoms with Gasteiger partial charge >= 0.3 is 23.3 Å². The van der Waals surface area contributed by atoms with E-state index in [1.54, 1.807) is 20.0 Å². The third kappa shape index (κ3) is 7.09. The predicted octanol–water partition coefficient (Wildman–Crippen LogP) is -0.939. The highest BCUT2D eigenvalue weighted by atomic mass is 16.4. The topological polar surface area (TPSA) is 211 Å². The number of carboxylic acids is 1. The van der Waals surface area contributed by atoms with E-state index in [0.717, 1.165) is 23.0 Å². The highest BCUT2D eigenvalue weighted by Gasteiger charge is 2.27. The normalized spacial score (nSPS) is 11.4. The Kier molecular flexibility index (Phi) is 9.19. The number of carbonyl (C=O) groups excluding carboxylic acids is 3. The molecule has 1 atom stereocenters. The zero-order valence-corrected chi connectivity index (χ0v) is 19.7. The molecule has 0 radical (unpaired) electrons. The number of hydrogen-bond donors (Lipinski definition) is 5. The molecule has 13 nitrogen and oxygen atoms in total. The van der Waals surface area contributed by atoms with Crippen molar-refractivity contribution in [1.82, 2.24) is 25.8 Å². The number of rotatable bonds is 8. The minimum Gasteiger partial charge on any atom is -0.554 e. The predicted molar refractivity (Wildman–Crippen MR) is 123 cm³/mol. The van der Waals surface area contributed by atoms with Gasteiger partial charge in [-0.3, -0.25) is 19.5 Å². The van der Waals surface area contributed by atoms with Gasteiger partial charge in [0.1, 0.15) is 6.20 Å². The van der Waals surface area contributed by atoms with Crippen LogP contribution in [0.5, 0.6) is 0 Å². The molecule has 0 saturated carbocycles. The van der Waals surface area contributed by atoms with Crippen LogP contribution in [-0.4, -0.2) is 51.1 Å². The fraction of sp³-hybridized carbons (Fsp3) is 0.261. The lowest BCUT2D eigenvalue weighted by atomic mass is 9.92. The van der Waals surface area contributed by atoms with E-state index in [4.69, 9.17) is 15.0 Å². The van der Waals surface area contributed by atoms with Gasteiger partial charge in [0.2, 0.25) is 0 Å². The zero-order valence-electron chi connectivity index (χ0n) is 19.7. The molecular weight excluding hydrogens is 472 g/mol. The lowest BCUT2D eigenvalue weighted by Gasteiger charge is -2.26. The summed E-state index contributed by atoms with van der Waals surface area (Å²) in [4.78, 5) is 61.3. The number of carboxylic acid groups (broad SMARTS) is 2. The van der Waals surface area contributed by atoms with Crippen LogP contribution < -0.4 is 26.3 Å². The number of aromatic amines is 3. The Morgan fingerprint density at radius 3 is 2.36 bits per heavy atom. The summed E-state index contributed by atoms with van der Waals surface area (Å²) < 4.78 is 0. The van der Waals surface area contributed by atoms with Gasteiger partial charge in [-0.15, -0.1) is 0 Å². The molecule has 2 heterocycles. The van der Waals surface area contributed by atoms with Crippen molar-refractivity contribution in [3.05, 3.63) is 70.0 Å². The molecule has 190 valence electrons. The fourth-order valence-electron chi connectivity index (χ4n) is 3.05. The first kappa shape index (κ1) is 27.4. The average Bonchev–Trinajstić information content (AvgIpc) is 3.37. The number of H-pyrrole nitrogens is 3. The molecule has 0 spiro atoms. The van der Waals surface area contributed by atoms with Crippen LogP contribution in [0.2, 0.25) is 0 Å². The Balaban J connectivity index is 0.00000145. The quantitative estimate of drug-likeness (QED) is 0.244. The van der Waals surface area contributed by atoms with Crippen LogP contribution in [0.3, 0.4) is 0 Å². The maximum Gasteiger partial charge on any atom is 0.348 e. The monoisotopic (exact) mass is 498 g/mol. The molecular formula is C23H26N6O7. The SMILES string of the molecule is C[C@@H](CNC(=O)c1[nH]c(=O)c(C(=O)NC(C)(C)c2ccc(-c3ccn[nH]3)cc2)c[nH+]1)C(=O)O.O=C[O-]. The molecule has 0 aliphatic heterocycles.